The van der Waals surface area contributed by atoms with E-state index in [-0.39, 0.29) is 0 Å². The summed E-state index contributed by atoms with van der Waals surface area (Å²) in [7, 11) is 0. The van der Waals surface area contributed by atoms with Gasteiger partial charge in [0.2, 0.25) is 0 Å². The highest BCUT2D eigenvalue weighted by Gasteiger charge is 2.21. The maximum atomic E-state index is 9.03. The summed E-state index contributed by atoms with van der Waals surface area (Å²) in [6.07, 6.45) is 1.82. The number of hydrogen-bond donors (Lipinski definition) is 0. The average molecular weight is 196 g/mol. The smallest absolute Gasteiger partial charge is 0.0937 e. The molecule has 0 aliphatic heterocycles. The van der Waals surface area contributed by atoms with Gasteiger partial charge in [-0.25, -0.2) is 0 Å². The molecular formula is C13H12N2. The van der Waals surface area contributed by atoms with Crippen molar-refractivity contribution in [1.29, 1.82) is 5.26 Å². The molecule has 0 saturated heterocycles. The molecule has 2 heteroatoms. The van der Waals surface area contributed by atoms with Crippen LogP contribution in [-0.2, 0) is 5.41 Å². The third-order valence-corrected chi connectivity index (χ3v) is 2.55. The number of aromatic nitrogens is 1. The first-order valence-corrected chi connectivity index (χ1v) is 4.90. The van der Waals surface area contributed by atoms with Gasteiger partial charge in [-0.2, -0.15) is 5.26 Å². The number of pyridine rings is 1. The number of fused-ring (bicyclic) bond motifs is 1. The van der Waals surface area contributed by atoms with E-state index in [1.165, 1.54) is 0 Å². The quantitative estimate of drug-likeness (QED) is 0.702. The van der Waals surface area contributed by atoms with Crippen molar-refractivity contribution in [2.45, 2.75) is 19.3 Å². The SMILES string of the molecule is CC(C)(C#N)c1cc2ccccc2cn1. The molecule has 0 unspecified atom stereocenters. The van der Waals surface area contributed by atoms with Gasteiger partial charge in [0, 0.05) is 11.6 Å². The van der Waals surface area contributed by atoms with Crippen molar-refractivity contribution in [1.82, 2.24) is 4.98 Å². The first-order valence-electron chi connectivity index (χ1n) is 4.90. The fraction of sp³-hybridized carbons (Fsp3) is 0.231. The van der Waals surface area contributed by atoms with Gasteiger partial charge in [0.1, 0.15) is 0 Å². The molecule has 74 valence electrons. The highest BCUT2D eigenvalue weighted by molar-refractivity contribution is 5.82. The molecule has 2 nitrogen and oxygen atoms in total. The molecule has 1 aromatic carbocycles. The third kappa shape index (κ3) is 1.69. The lowest BCUT2D eigenvalue weighted by Gasteiger charge is -2.14. The number of hydrogen-bond acceptors (Lipinski definition) is 2. The second kappa shape index (κ2) is 3.36. The van der Waals surface area contributed by atoms with E-state index in [4.69, 9.17) is 5.26 Å². The van der Waals surface area contributed by atoms with Crippen LogP contribution < -0.4 is 0 Å². The first-order chi connectivity index (χ1) is 7.13. The van der Waals surface area contributed by atoms with Crippen LogP contribution in [0, 0.1) is 11.3 Å². The van der Waals surface area contributed by atoms with E-state index < -0.39 is 5.41 Å². The molecule has 0 radical (unpaired) electrons. The van der Waals surface area contributed by atoms with Gasteiger partial charge in [0.25, 0.3) is 0 Å². The Morgan fingerprint density at radius 1 is 1.20 bits per heavy atom. The molecule has 0 N–H and O–H groups in total. The monoisotopic (exact) mass is 196 g/mol. The molecule has 0 atom stereocenters. The van der Waals surface area contributed by atoms with Crippen LogP contribution in [0.2, 0.25) is 0 Å². The number of benzene rings is 1. The molecule has 0 fully saturated rings. The van der Waals surface area contributed by atoms with Crippen molar-refractivity contribution in [3.63, 3.8) is 0 Å². The van der Waals surface area contributed by atoms with Crippen molar-refractivity contribution in [2.75, 3.05) is 0 Å². The molecule has 0 saturated carbocycles. The predicted molar refractivity (Wildman–Crippen MR) is 60.4 cm³/mol. The summed E-state index contributed by atoms with van der Waals surface area (Å²) in [6.45, 7) is 3.76. The Hall–Kier alpha value is -1.88. The zero-order chi connectivity index (χ0) is 10.9. The van der Waals surface area contributed by atoms with E-state index in [2.05, 4.69) is 11.1 Å². The Morgan fingerprint density at radius 3 is 2.53 bits per heavy atom. The third-order valence-electron chi connectivity index (χ3n) is 2.55. The lowest BCUT2D eigenvalue weighted by molar-refractivity contribution is 0.661. The Balaban J connectivity index is 2.63. The fourth-order valence-electron chi connectivity index (χ4n) is 1.48. The highest BCUT2D eigenvalue weighted by Crippen LogP contribution is 2.23. The van der Waals surface area contributed by atoms with Gasteiger partial charge < -0.3 is 0 Å². The minimum Gasteiger partial charge on any atom is -0.259 e. The average Bonchev–Trinajstić information content (AvgIpc) is 2.28. The van der Waals surface area contributed by atoms with Gasteiger partial charge in [-0.05, 0) is 25.3 Å². The lowest BCUT2D eigenvalue weighted by Crippen LogP contribution is -2.15. The van der Waals surface area contributed by atoms with E-state index in [1.807, 2.05) is 50.4 Å². The summed E-state index contributed by atoms with van der Waals surface area (Å²) in [5.41, 5.74) is 0.299. The van der Waals surface area contributed by atoms with Crippen LogP contribution in [0.3, 0.4) is 0 Å². The summed E-state index contributed by atoms with van der Waals surface area (Å²) in [5, 5.41) is 11.3. The Kier molecular flexibility index (Phi) is 2.17. The lowest BCUT2D eigenvalue weighted by atomic mass is 9.90. The molecule has 0 amide bonds. The van der Waals surface area contributed by atoms with Crippen molar-refractivity contribution in [2.24, 2.45) is 0 Å². The van der Waals surface area contributed by atoms with Gasteiger partial charge in [-0.3, -0.25) is 4.98 Å². The van der Waals surface area contributed by atoms with Crippen LogP contribution in [0.4, 0.5) is 0 Å². The minimum absolute atomic E-state index is 0.524. The summed E-state index contributed by atoms with van der Waals surface area (Å²) in [4.78, 5) is 4.33. The highest BCUT2D eigenvalue weighted by atomic mass is 14.7. The number of rotatable bonds is 1. The van der Waals surface area contributed by atoms with Crippen molar-refractivity contribution in [3.8, 4) is 6.07 Å². The zero-order valence-corrected chi connectivity index (χ0v) is 8.86. The molecule has 2 aromatic rings. The Bertz CT molecular complexity index is 535. The maximum Gasteiger partial charge on any atom is 0.0937 e. The van der Waals surface area contributed by atoms with Gasteiger partial charge in [0.05, 0.1) is 17.2 Å². The molecule has 0 aliphatic carbocycles. The number of nitriles is 1. The second-order valence-corrected chi connectivity index (χ2v) is 4.15. The Morgan fingerprint density at radius 2 is 1.87 bits per heavy atom. The minimum atomic E-state index is -0.524. The molecule has 0 aliphatic rings. The molecule has 1 heterocycles. The van der Waals surface area contributed by atoms with Crippen LogP contribution in [0.15, 0.2) is 36.5 Å². The Labute approximate surface area is 89.2 Å². The van der Waals surface area contributed by atoms with Gasteiger partial charge in [0.15, 0.2) is 0 Å². The summed E-state index contributed by atoms with van der Waals surface area (Å²) in [6, 6.07) is 12.3. The van der Waals surface area contributed by atoms with Crippen LogP contribution in [0.1, 0.15) is 19.5 Å². The number of nitrogens with zero attached hydrogens (tertiary/aromatic N) is 2. The van der Waals surface area contributed by atoms with E-state index in [9.17, 15) is 0 Å². The normalized spacial score (nSPS) is 11.3. The maximum absolute atomic E-state index is 9.03. The van der Waals surface area contributed by atoms with Crippen LogP contribution in [0.5, 0.6) is 0 Å². The van der Waals surface area contributed by atoms with Gasteiger partial charge in [-0.15, -0.1) is 0 Å². The molecule has 1 aromatic heterocycles. The fourth-order valence-corrected chi connectivity index (χ4v) is 1.48. The molecule has 15 heavy (non-hydrogen) atoms. The predicted octanol–water partition coefficient (Wildman–Crippen LogP) is 3.04. The standard InChI is InChI=1S/C13H12N2/c1-13(2,9-14)12-7-10-5-3-4-6-11(10)8-15-12/h3-8H,1-2H3. The molecular weight excluding hydrogens is 184 g/mol. The second-order valence-electron chi connectivity index (χ2n) is 4.15. The molecule has 0 spiro atoms. The van der Waals surface area contributed by atoms with E-state index in [0.717, 1.165) is 16.5 Å². The van der Waals surface area contributed by atoms with Crippen LogP contribution >= 0.6 is 0 Å². The summed E-state index contributed by atoms with van der Waals surface area (Å²) >= 11 is 0. The van der Waals surface area contributed by atoms with E-state index in [0.29, 0.717) is 0 Å². The summed E-state index contributed by atoms with van der Waals surface area (Å²) < 4.78 is 0. The summed E-state index contributed by atoms with van der Waals surface area (Å²) in [5.74, 6) is 0. The van der Waals surface area contributed by atoms with Crippen LogP contribution in [-0.4, -0.2) is 4.98 Å². The van der Waals surface area contributed by atoms with Crippen molar-refractivity contribution >= 4 is 10.8 Å². The zero-order valence-electron chi connectivity index (χ0n) is 8.86. The van der Waals surface area contributed by atoms with Crippen molar-refractivity contribution < 1.29 is 0 Å². The van der Waals surface area contributed by atoms with Gasteiger partial charge in [-0.1, -0.05) is 24.3 Å². The molecule has 0 bridgehead atoms. The largest absolute Gasteiger partial charge is 0.259 e. The van der Waals surface area contributed by atoms with E-state index >= 15 is 0 Å². The van der Waals surface area contributed by atoms with Crippen molar-refractivity contribution in [3.05, 3.63) is 42.2 Å². The van der Waals surface area contributed by atoms with E-state index in [1.54, 1.807) is 0 Å². The topological polar surface area (TPSA) is 36.7 Å². The van der Waals surface area contributed by atoms with Gasteiger partial charge >= 0.3 is 0 Å². The first kappa shape index (κ1) is 9.67. The molecule has 2 rings (SSSR count). The van der Waals surface area contributed by atoms with Crippen LogP contribution in [0.25, 0.3) is 10.8 Å².